The van der Waals surface area contributed by atoms with Crippen molar-refractivity contribution in [2.75, 3.05) is 0 Å². The molecule has 0 amide bonds. The fraction of sp³-hybridized carbons (Fsp3) is 0.111. The average Bonchev–Trinajstić information content (AvgIpc) is 2.92. The first-order valence-corrected chi connectivity index (χ1v) is 8.90. The van der Waals surface area contributed by atoms with E-state index in [1.807, 2.05) is 36.4 Å². The van der Waals surface area contributed by atoms with E-state index in [9.17, 15) is 8.42 Å². The van der Waals surface area contributed by atoms with Gasteiger partial charge in [-0.05, 0) is 18.2 Å². The minimum Gasteiger partial charge on any atom is -0.321 e. The summed E-state index contributed by atoms with van der Waals surface area (Å²) in [6.45, 7) is 0. The van der Waals surface area contributed by atoms with Gasteiger partial charge in [-0.25, -0.2) is 12.4 Å². The second-order valence-corrected chi connectivity index (χ2v) is 7.40. The Morgan fingerprint density at radius 1 is 1.00 bits per heavy atom. The van der Waals surface area contributed by atoms with Crippen LogP contribution in [0.2, 0.25) is 0 Å². The highest BCUT2D eigenvalue weighted by Gasteiger charge is 2.29. The van der Waals surface area contributed by atoms with E-state index in [2.05, 4.69) is 0 Å². The molecule has 3 aromatic rings. The van der Waals surface area contributed by atoms with Crippen molar-refractivity contribution in [2.45, 2.75) is 17.4 Å². The lowest BCUT2D eigenvalue weighted by molar-refractivity contribution is 0.587. The van der Waals surface area contributed by atoms with Gasteiger partial charge < -0.3 is 5.73 Å². The van der Waals surface area contributed by atoms with Crippen molar-refractivity contribution in [2.24, 2.45) is 5.73 Å². The molecule has 116 valence electrons. The van der Waals surface area contributed by atoms with Crippen molar-refractivity contribution < 1.29 is 8.42 Å². The Morgan fingerprint density at radius 3 is 2.48 bits per heavy atom. The molecule has 1 aliphatic carbocycles. The molecule has 0 bridgehead atoms. The van der Waals surface area contributed by atoms with E-state index in [1.165, 1.54) is 3.97 Å². The second-order valence-electron chi connectivity index (χ2n) is 5.62. The number of allylic oxidation sites excluding steroid dienone is 1. The molecule has 2 N–H and O–H groups in total. The SMILES string of the molecule is N[C@H]1C=CCc2c1c1ccccc1n2S(=O)(=O)c1ccccc1. The van der Waals surface area contributed by atoms with Gasteiger partial charge in [-0.15, -0.1) is 0 Å². The van der Waals surface area contributed by atoms with E-state index in [4.69, 9.17) is 5.73 Å². The van der Waals surface area contributed by atoms with E-state index >= 15 is 0 Å². The lowest BCUT2D eigenvalue weighted by Gasteiger charge is -2.16. The zero-order valence-electron chi connectivity index (χ0n) is 12.4. The van der Waals surface area contributed by atoms with Gasteiger partial charge in [0.1, 0.15) is 0 Å². The normalized spacial score (nSPS) is 17.3. The van der Waals surface area contributed by atoms with Crippen LogP contribution < -0.4 is 5.73 Å². The largest absolute Gasteiger partial charge is 0.321 e. The molecule has 2 aromatic carbocycles. The van der Waals surface area contributed by atoms with Crippen molar-refractivity contribution in [1.29, 1.82) is 0 Å². The number of para-hydroxylation sites is 1. The summed E-state index contributed by atoms with van der Waals surface area (Å²) in [4.78, 5) is 0.284. The lowest BCUT2D eigenvalue weighted by Crippen LogP contribution is -2.19. The summed E-state index contributed by atoms with van der Waals surface area (Å²) in [5.41, 5.74) is 8.55. The Morgan fingerprint density at radius 2 is 1.70 bits per heavy atom. The zero-order chi connectivity index (χ0) is 16.0. The Balaban J connectivity index is 2.10. The average molecular weight is 324 g/mol. The fourth-order valence-electron chi connectivity index (χ4n) is 3.25. The van der Waals surface area contributed by atoms with Crippen LogP contribution in [0.1, 0.15) is 17.3 Å². The molecule has 1 aromatic heterocycles. The van der Waals surface area contributed by atoms with Crippen LogP contribution in [0.15, 0.2) is 71.6 Å². The van der Waals surface area contributed by atoms with E-state index in [-0.39, 0.29) is 10.9 Å². The van der Waals surface area contributed by atoms with Gasteiger partial charge in [0.15, 0.2) is 0 Å². The quantitative estimate of drug-likeness (QED) is 0.737. The standard InChI is InChI=1S/C18H16N2O2S/c19-15-10-6-12-17-18(15)14-9-4-5-11-16(14)20(17)23(21,22)13-7-2-1-3-8-13/h1-11,15H,12,19H2/t15-/m0/s1. The summed E-state index contributed by atoms with van der Waals surface area (Å²) in [5, 5.41) is 0.902. The van der Waals surface area contributed by atoms with Gasteiger partial charge in [-0.1, -0.05) is 48.6 Å². The maximum absolute atomic E-state index is 13.2. The van der Waals surface area contributed by atoms with E-state index in [0.29, 0.717) is 11.9 Å². The molecule has 1 heterocycles. The van der Waals surface area contributed by atoms with E-state index < -0.39 is 10.0 Å². The second kappa shape index (κ2) is 5.08. The Kier molecular flexibility index (Phi) is 3.14. The first-order chi connectivity index (χ1) is 11.1. The van der Waals surface area contributed by atoms with Crippen LogP contribution >= 0.6 is 0 Å². The summed E-state index contributed by atoms with van der Waals surface area (Å²) < 4.78 is 27.8. The predicted octanol–water partition coefficient (Wildman–Crippen LogP) is 2.99. The number of aromatic nitrogens is 1. The maximum Gasteiger partial charge on any atom is 0.268 e. The van der Waals surface area contributed by atoms with Crippen molar-refractivity contribution in [3.05, 3.63) is 78.0 Å². The number of hydrogen-bond acceptors (Lipinski definition) is 3. The van der Waals surface area contributed by atoms with Crippen LogP contribution in [0.4, 0.5) is 0 Å². The molecular formula is C18H16N2O2S. The summed E-state index contributed by atoms with van der Waals surface area (Å²) >= 11 is 0. The zero-order valence-corrected chi connectivity index (χ0v) is 13.2. The van der Waals surface area contributed by atoms with Crippen LogP contribution in [0.5, 0.6) is 0 Å². The highest BCUT2D eigenvalue weighted by Crippen LogP contribution is 2.36. The summed E-state index contributed by atoms with van der Waals surface area (Å²) in [5.74, 6) is 0. The van der Waals surface area contributed by atoms with Crippen molar-refractivity contribution in [3.8, 4) is 0 Å². The molecule has 0 saturated carbocycles. The van der Waals surface area contributed by atoms with Crippen molar-refractivity contribution >= 4 is 20.9 Å². The summed E-state index contributed by atoms with van der Waals surface area (Å²) in [6.07, 6.45) is 4.42. The van der Waals surface area contributed by atoms with Gasteiger partial charge >= 0.3 is 0 Å². The summed E-state index contributed by atoms with van der Waals surface area (Å²) in [7, 11) is -3.66. The molecule has 0 unspecified atom stereocenters. The van der Waals surface area contributed by atoms with Crippen LogP contribution in [-0.4, -0.2) is 12.4 Å². The third kappa shape index (κ3) is 2.04. The smallest absolute Gasteiger partial charge is 0.268 e. The molecule has 0 saturated heterocycles. The topological polar surface area (TPSA) is 65.1 Å². The molecule has 1 atom stereocenters. The first kappa shape index (κ1) is 14.2. The predicted molar refractivity (Wildman–Crippen MR) is 90.7 cm³/mol. The third-order valence-corrected chi connectivity index (χ3v) is 6.00. The Hall–Kier alpha value is -2.37. The molecule has 0 fully saturated rings. The monoisotopic (exact) mass is 324 g/mol. The number of fused-ring (bicyclic) bond motifs is 3. The highest BCUT2D eigenvalue weighted by molar-refractivity contribution is 7.90. The van der Waals surface area contributed by atoms with Crippen molar-refractivity contribution in [3.63, 3.8) is 0 Å². The molecule has 1 aliphatic rings. The number of nitrogens with zero attached hydrogens (tertiary/aromatic N) is 1. The van der Waals surface area contributed by atoms with Gasteiger partial charge in [0, 0.05) is 23.1 Å². The van der Waals surface area contributed by atoms with Gasteiger partial charge in [-0.2, -0.15) is 0 Å². The minimum absolute atomic E-state index is 0.282. The van der Waals surface area contributed by atoms with Crippen LogP contribution in [-0.2, 0) is 16.4 Å². The molecule has 23 heavy (non-hydrogen) atoms. The molecule has 5 heteroatoms. The number of nitrogens with two attached hydrogens (primary N) is 1. The first-order valence-electron chi connectivity index (χ1n) is 7.46. The van der Waals surface area contributed by atoms with Crippen molar-refractivity contribution in [1.82, 2.24) is 3.97 Å². The lowest BCUT2D eigenvalue weighted by atomic mass is 9.97. The molecular weight excluding hydrogens is 308 g/mol. The highest BCUT2D eigenvalue weighted by atomic mass is 32.2. The van der Waals surface area contributed by atoms with Gasteiger partial charge in [0.05, 0.1) is 16.5 Å². The number of rotatable bonds is 2. The van der Waals surface area contributed by atoms with Gasteiger partial charge in [-0.3, -0.25) is 0 Å². The molecule has 4 rings (SSSR count). The molecule has 0 spiro atoms. The third-order valence-electron chi connectivity index (χ3n) is 4.24. The van der Waals surface area contributed by atoms with Gasteiger partial charge in [0.2, 0.25) is 0 Å². The molecule has 0 aliphatic heterocycles. The van der Waals surface area contributed by atoms with E-state index in [1.54, 1.807) is 30.3 Å². The Labute approximate surface area is 134 Å². The van der Waals surface area contributed by atoms with Crippen LogP contribution in [0.25, 0.3) is 10.9 Å². The maximum atomic E-state index is 13.2. The molecule has 4 nitrogen and oxygen atoms in total. The van der Waals surface area contributed by atoms with Crippen LogP contribution in [0.3, 0.4) is 0 Å². The summed E-state index contributed by atoms with van der Waals surface area (Å²) in [6, 6.07) is 15.8. The molecule has 0 radical (unpaired) electrons. The van der Waals surface area contributed by atoms with Crippen LogP contribution in [0, 0.1) is 0 Å². The minimum atomic E-state index is -3.66. The van der Waals surface area contributed by atoms with Gasteiger partial charge in [0.25, 0.3) is 10.0 Å². The Bertz CT molecular complexity index is 1020. The fourth-order valence-corrected chi connectivity index (χ4v) is 4.84. The number of hydrogen-bond donors (Lipinski definition) is 1. The number of benzene rings is 2. The van der Waals surface area contributed by atoms with E-state index in [0.717, 1.165) is 16.6 Å².